The minimum atomic E-state index is 0.366. The molecule has 0 spiro atoms. The van der Waals surface area contributed by atoms with Crippen LogP contribution in [0.3, 0.4) is 0 Å². The third-order valence-electron chi connectivity index (χ3n) is 3.76. The second-order valence-electron chi connectivity index (χ2n) is 5.03. The van der Waals surface area contributed by atoms with Crippen molar-refractivity contribution in [3.05, 3.63) is 0 Å². The molecule has 2 bridgehead atoms. The molecule has 0 aromatic rings. The molecule has 2 aliphatic heterocycles. The first kappa shape index (κ1) is 9.47. The molecule has 2 nitrogen and oxygen atoms in total. The van der Waals surface area contributed by atoms with Crippen LogP contribution in [0.2, 0.25) is 0 Å². The maximum absolute atomic E-state index is 5.83. The Morgan fingerprint density at radius 3 is 2.23 bits per heavy atom. The van der Waals surface area contributed by atoms with Gasteiger partial charge in [-0.15, -0.1) is 0 Å². The highest BCUT2D eigenvalue weighted by Gasteiger charge is 2.38. The van der Waals surface area contributed by atoms with Crippen LogP contribution < -0.4 is 0 Å². The topological polar surface area (TPSA) is 12.5 Å². The quantitative estimate of drug-likeness (QED) is 0.649. The van der Waals surface area contributed by atoms with Gasteiger partial charge in [-0.2, -0.15) is 0 Å². The Kier molecular flexibility index (Phi) is 2.37. The van der Waals surface area contributed by atoms with E-state index in [1.165, 1.54) is 19.3 Å². The van der Waals surface area contributed by atoms with E-state index in [4.69, 9.17) is 4.74 Å². The van der Waals surface area contributed by atoms with Gasteiger partial charge in [0.1, 0.15) is 0 Å². The van der Waals surface area contributed by atoms with Gasteiger partial charge in [0, 0.05) is 18.6 Å². The van der Waals surface area contributed by atoms with Crippen LogP contribution in [0.15, 0.2) is 0 Å². The van der Waals surface area contributed by atoms with Crippen LogP contribution in [-0.2, 0) is 4.74 Å². The summed E-state index contributed by atoms with van der Waals surface area (Å²) in [6.07, 6.45) is 4.85. The molecular weight excluding hydrogens is 162 g/mol. The zero-order valence-corrected chi connectivity index (χ0v) is 9.05. The van der Waals surface area contributed by atoms with Crippen molar-refractivity contribution in [2.75, 3.05) is 13.1 Å². The monoisotopic (exact) mass is 183 g/mol. The van der Waals surface area contributed by atoms with E-state index in [9.17, 15) is 0 Å². The van der Waals surface area contributed by atoms with Crippen molar-refractivity contribution in [3.63, 3.8) is 0 Å². The fraction of sp³-hybridized carbons (Fsp3) is 1.00. The van der Waals surface area contributed by atoms with Crippen LogP contribution in [-0.4, -0.2) is 35.7 Å². The number of morpholine rings is 1. The van der Waals surface area contributed by atoms with E-state index in [0.29, 0.717) is 17.7 Å². The number of fused-ring (bicyclic) bond motifs is 2. The number of likely N-dealkylation sites (tertiary alicyclic amines) is 1. The third kappa shape index (κ3) is 1.75. The van der Waals surface area contributed by atoms with Gasteiger partial charge in [0.2, 0.25) is 0 Å². The van der Waals surface area contributed by atoms with Gasteiger partial charge in [0.05, 0.1) is 12.2 Å². The molecule has 2 aliphatic rings. The van der Waals surface area contributed by atoms with Crippen molar-refractivity contribution in [1.29, 1.82) is 0 Å². The lowest BCUT2D eigenvalue weighted by Gasteiger charge is -2.43. The first-order valence-corrected chi connectivity index (χ1v) is 5.52. The van der Waals surface area contributed by atoms with Crippen LogP contribution in [0.4, 0.5) is 0 Å². The summed E-state index contributed by atoms with van der Waals surface area (Å²) in [5.41, 5.74) is 0.366. The molecule has 0 aromatic carbocycles. The van der Waals surface area contributed by atoms with Crippen LogP contribution >= 0.6 is 0 Å². The number of hydrogen-bond donors (Lipinski definition) is 0. The third-order valence-corrected chi connectivity index (χ3v) is 3.76. The lowest BCUT2D eigenvalue weighted by Crippen LogP contribution is -2.52. The average Bonchev–Trinajstić information content (AvgIpc) is 2.45. The lowest BCUT2D eigenvalue weighted by molar-refractivity contribution is -0.0714. The van der Waals surface area contributed by atoms with Gasteiger partial charge in [-0.1, -0.05) is 6.92 Å². The van der Waals surface area contributed by atoms with Gasteiger partial charge in [0.15, 0.2) is 0 Å². The summed E-state index contributed by atoms with van der Waals surface area (Å²) in [6.45, 7) is 9.27. The highest BCUT2D eigenvalue weighted by Crippen LogP contribution is 2.31. The summed E-state index contributed by atoms with van der Waals surface area (Å²) >= 11 is 0. The van der Waals surface area contributed by atoms with Gasteiger partial charge in [-0.25, -0.2) is 0 Å². The zero-order chi connectivity index (χ0) is 9.47. The molecule has 2 saturated heterocycles. The van der Waals surface area contributed by atoms with E-state index in [1.807, 2.05) is 0 Å². The Morgan fingerprint density at radius 1 is 1.23 bits per heavy atom. The Labute approximate surface area is 81.3 Å². The normalized spacial score (nSPS) is 35.3. The maximum atomic E-state index is 5.83. The van der Waals surface area contributed by atoms with Crippen molar-refractivity contribution < 1.29 is 4.74 Å². The number of nitrogens with zero attached hydrogens (tertiary/aromatic N) is 1. The number of hydrogen-bond acceptors (Lipinski definition) is 2. The Hall–Kier alpha value is -0.0800. The fourth-order valence-electron chi connectivity index (χ4n) is 2.33. The number of ether oxygens (including phenoxy) is 1. The largest absolute Gasteiger partial charge is 0.372 e. The summed E-state index contributed by atoms with van der Waals surface area (Å²) in [7, 11) is 0. The molecule has 2 fully saturated rings. The lowest BCUT2D eigenvalue weighted by atomic mass is 9.98. The second-order valence-corrected chi connectivity index (χ2v) is 5.03. The molecule has 2 heteroatoms. The minimum absolute atomic E-state index is 0.366. The SMILES string of the molecule is CCC(C)(C)N1CC2CCC(C1)O2. The van der Waals surface area contributed by atoms with Gasteiger partial charge >= 0.3 is 0 Å². The minimum Gasteiger partial charge on any atom is -0.372 e. The summed E-state index contributed by atoms with van der Waals surface area (Å²) in [6, 6.07) is 0. The van der Waals surface area contributed by atoms with E-state index in [2.05, 4.69) is 25.7 Å². The Morgan fingerprint density at radius 2 is 1.77 bits per heavy atom. The second kappa shape index (κ2) is 3.25. The molecular formula is C11H21NO. The number of rotatable bonds is 2. The molecule has 0 aliphatic carbocycles. The van der Waals surface area contributed by atoms with Gasteiger partial charge in [-0.05, 0) is 33.1 Å². The Bertz CT molecular complexity index is 179. The van der Waals surface area contributed by atoms with Crippen LogP contribution in [0.25, 0.3) is 0 Å². The Balaban J connectivity index is 2.02. The molecule has 0 amide bonds. The first-order chi connectivity index (χ1) is 6.12. The zero-order valence-electron chi connectivity index (χ0n) is 9.05. The molecule has 0 aromatic heterocycles. The molecule has 0 saturated carbocycles. The van der Waals surface area contributed by atoms with Gasteiger partial charge in [-0.3, -0.25) is 4.90 Å². The molecule has 0 radical (unpaired) electrons. The summed E-state index contributed by atoms with van der Waals surface area (Å²) in [5.74, 6) is 0. The molecule has 76 valence electrons. The van der Waals surface area contributed by atoms with Crippen LogP contribution in [0.1, 0.15) is 40.0 Å². The smallest absolute Gasteiger partial charge is 0.0707 e. The van der Waals surface area contributed by atoms with E-state index < -0.39 is 0 Å². The van der Waals surface area contributed by atoms with Crippen LogP contribution in [0, 0.1) is 0 Å². The standard InChI is InChI=1S/C11H21NO/c1-4-11(2,3)12-7-9-5-6-10(8-12)13-9/h9-10H,4-8H2,1-3H3. The van der Waals surface area contributed by atoms with Crippen molar-refractivity contribution in [2.24, 2.45) is 0 Å². The fourth-order valence-corrected chi connectivity index (χ4v) is 2.33. The highest BCUT2D eigenvalue weighted by molar-refractivity contribution is 4.91. The van der Waals surface area contributed by atoms with Crippen molar-refractivity contribution in [3.8, 4) is 0 Å². The molecule has 13 heavy (non-hydrogen) atoms. The highest BCUT2D eigenvalue weighted by atomic mass is 16.5. The van der Waals surface area contributed by atoms with E-state index in [1.54, 1.807) is 0 Å². The van der Waals surface area contributed by atoms with E-state index >= 15 is 0 Å². The average molecular weight is 183 g/mol. The van der Waals surface area contributed by atoms with Crippen molar-refractivity contribution in [1.82, 2.24) is 4.90 Å². The molecule has 2 rings (SSSR count). The van der Waals surface area contributed by atoms with Crippen molar-refractivity contribution in [2.45, 2.75) is 57.8 Å². The molecule has 2 unspecified atom stereocenters. The van der Waals surface area contributed by atoms with Gasteiger partial charge < -0.3 is 4.74 Å². The van der Waals surface area contributed by atoms with Gasteiger partial charge in [0.25, 0.3) is 0 Å². The molecule has 2 heterocycles. The van der Waals surface area contributed by atoms with Crippen LogP contribution in [0.5, 0.6) is 0 Å². The summed E-state index contributed by atoms with van der Waals surface area (Å²) in [4.78, 5) is 2.61. The predicted molar refractivity (Wildman–Crippen MR) is 53.8 cm³/mol. The molecule has 2 atom stereocenters. The van der Waals surface area contributed by atoms with Crippen molar-refractivity contribution >= 4 is 0 Å². The summed E-state index contributed by atoms with van der Waals surface area (Å²) < 4.78 is 5.83. The van der Waals surface area contributed by atoms with E-state index in [0.717, 1.165) is 13.1 Å². The maximum Gasteiger partial charge on any atom is 0.0707 e. The first-order valence-electron chi connectivity index (χ1n) is 5.52. The summed E-state index contributed by atoms with van der Waals surface area (Å²) in [5, 5.41) is 0. The predicted octanol–water partition coefficient (Wildman–Crippen LogP) is 2.04. The molecule has 0 N–H and O–H groups in total. The van der Waals surface area contributed by atoms with E-state index in [-0.39, 0.29) is 0 Å².